The van der Waals surface area contributed by atoms with Crippen LogP contribution in [-0.4, -0.2) is 21.9 Å². The first-order chi connectivity index (χ1) is 12.0. The average molecular weight is 373 g/mol. The van der Waals surface area contributed by atoms with Crippen molar-refractivity contribution in [1.29, 1.82) is 0 Å². The quantitative estimate of drug-likeness (QED) is 0.637. The smallest absolute Gasteiger partial charge is 0.261 e. The topological polar surface area (TPSA) is 63.4 Å². The summed E-state index contributed by atoms with van der Waals surface area (Å²) in [6.07, 6.45) is 0. The monoisotopic (exact) mass is 372 g/mol. The highest BCUT2D eigenvalue weighted by Gasteiger charge is 2.36. The molecule has 2 aromatic carbocycles. The molecule has 0 N–H and O–H groups in total. The molecule has 2 heterocycles. The van der Waals surface area contributed by atoms with Gasteiger partial charge < -0.3 is 4.52 Å². The van der Waals surface area contributed by atoms with Gasteiger partial charge in [0.05, 0.1) is 27.7 Å². The van der Waals surface area contributed by atoms with E-state index in [2.05, 4.69) is 5.16 Å². The van der Waals surface area contributed by atoms with Gasteiger partial charge in [0.15, 0.2) is 5.76 Å². The molecule has 3 aromatic rings. The molecule has 0 unspecified atom stereocenters. The van der Waals surface area contributed by atoms with Gasteiger partial charge in [-0.15, -0.1) is 0 Å². The van der Waals surface area contributed by atoms with Gasteiger partial charge in [0, 0.05) is 11.6 Å². The third kappa shape index (κ3) is 2.71. The fourth-order valence-electron chi connectivity index (χ4n) is 2.71. The molecule has 1 aliphatic heterocycles. The van der Waals surface area contributed by atoms with Gasteiger partial charge >= 0.3 is 0 Å². The van der Waals surface area contributed by atoms with Gasteiger partial charge in [0.25, 0.3) is 11.8 Å². The van der Waals surface area contributed by atoms with Crippen molar-refractivity contribution in [3.05, 3.63) is 75.4 Å². The van der Waals surface area contributed by atoms with E-state index in [9.17, 15) is 9.59 Å². The second-order valence-corrected chi connectivity index (χ2v) is 6.37. The third-order valence-electron chi connectivity index (χ3n) is 3.95. The summed E-state index contributed by atoms with van der Waals surface area (Å²) in [6, 6.07) is 14.0. The zero-order valence-corrected chi connectivity index (χ0v) is 14.2. The lowest BCUT2D eigenvalue weighted by Gasteiger charge is -2.10. The molecular weight excluding hydrogens is 363 g/mol. The van der Waals surface area contributed by atoms with Crippen LogP contribution in [0, 0.1) is 0 Å². The van der Waals surface area contributed by atoms with Gasteiger partial charge in [-0.2, -0.15) is 0 Å². The van der Waals surface area contributed by atoms with E-state index in [1.807, 2.05) is 30.3 Å². The van der Waals surface area contributed by atoms with Crippen LogP contribution in [0.2, 0.25) is 10.0 Å². The van der Waals surface area contributed by atoms with E-state index in [0.717, 1.165) is 10.5 Å². The summed E-state index contributed by atoms with van der Waals surface area (Å²) in [5, 5.41) is 4.41. The van der Waals surface area contributed by atoms with Crippen LogP contribution in [0.1, 0.15) is 26.4 Å². The first-order valence-electron chi connectivity index (χ1n) is 7.41. The summed E-state index contributed by atoms with van der Waals surface area (Å²) in [7, 11) is 0. The maximum atomic E-state index is 12.5. The number of carbonyl (C=O) groups excluding carboxylic acids is 2. The Balaban J connectivity index is 1.61. The predicted molar refractivity (Wildman–Crippen MR) is 92.6 cm³/mol. The number of aromatic nitrogens is 1. The molecule has 0 saturated carbocycles. The van der Waals surface area contributed by atoms with Gasteiger partial charge in [0.2, 0.25) is 0 Å². The molecule has 1 aliphatic rings. The number of benzene rings is 2. The zero-order chi connectivity index (χ0) is 17.6. The van der Waals surface area contributed by atoms with Gasteiger partial charge in [-0.3, -0.25) is 14.5 Å². The summed E-state index contributed by atoms with van der Waals surface area (Å²) in [4.78, 5) is 26.1. The molecule has 0 bridgehead atoms. The molecular formula is C18H10Cl2N2O3. The first kappa shape index (κ1) is 15.9. The van der Waals surface area contributed by atoms with Crippen molar-refractivity contribution in [3.63, 3.8) is 0 Å². The summed E-state index contributed by atoms with van der Waals surface area (Å²) in [5.41, 5.74) is 1.82. The number of hydrogen-bond donors (Lipinski definition) is 0. The molecule has 0 fully saturated rings. The van der Waals surface area contributed by atoms with E-state index in [4.69, 9.17) is 27.7 Å². The lowest BCUT2D eigenvalue weighted by Crippen LogP contribution is -2.29. The second-order valence-electron chi connectivity index (χ2n) is 5.56. The number of amides is 2. The molecule has 124 valence electrons. The largest absolute Gasteiger partial charge is 0.356 e. The zero-order valence-electron chi connectivity index (χ0n) is 12.7. The standard InChI is InChI=1S/C18H10Cl2N2O3/c19-14-7-12-13(8-15(14)20)18(24)22(17(12)23)9-11-6-16(25-21-11)10-4-2-1-3-5-10/h1-8H,9H2. The lowest BCUT2D eigenvalue weighted by atomic mass is 10.1. The van der Waals surface area contributed by atoms with E-state index in [1.165, 1.54) is 12.1 Å². The van der Waals surface area contributed by atoms with Crippen molar-refractivity contribution in [2.45, 2.75) is 6.54 Å². The van der Waals surface area contributed by atoms with E-state index < -0.39 is 11.8 Å². The number of carbonyl (C=O) groups is 2. The third-order valence-corrected chi connectivity index (χ3v) is 4.67. The number of nitrogens with zero attached hydrogens (tertiary/aromatic N) is 2. The van der Waals surface area contributed by atoms with Gasteiger partial charge in [-0.05, 0) is 12.1 Å². The lowest BCUT2D eigenvalue weighted by molar-refractivity contribution is 0.0639. The number of imide groups is 1. The minimum Gasteiger partial charge on any atom is -0.356 e. The second kappa shape index (κ2) is 6.02. The number of halogens is 2. The SMILES string of the molecule is O=C1c2cc(Cl)c(Cl)cc2C(=O)N1Cc1cc(-c2ccccc2)on1. The van der Waals surface area contributed by atoms with E-state index in [-0.39, 0.29) is 27.7 Å². The highest BCUT2D eigenvalue weighted by molar-refractivity contribution is 6.43. The van der Waals surface area contributed by atoms with Crippen molar-refractivity contribution in [3.8, 4) is 11.3 Å². The fraction of sp³-hybridized carbons (Fsp3) is 0.0556. The Morgan fingerprint density at radius 1 is 0.920 bits per heavy atom. The van der Waals surface area contributed by atoms with Crippen LogP contribution in [0.5, 0.6) is 0 Å². The summed E-state index contributed by atoms with van der Waals surface area (Å²) < 4.78 is 5.31. The Morgan fingerprint density at radius 3 is 2.12 bits per heavy atom. The Labute approximate surface area is 152 Å². The molecule has 0 saturated heterocycles. The number of fused-ring (bicyclic) bond motifs is 1. The van der Waals surface area contributed by atoms with Gasteiger partial charge in [-0.1, -0.05) is 58.7 Å². The molecule has 2 amide bonds. The van der Waals surface area contributed by atoms with Crippen LogP contribution in [0.25, 0.3) is 11.3 Å². The predicted octanol–water partition coefficient (Wildman–Crippen LogP) is 4.44. The van der Waals surface area contributed by atoms with Crippen LogP contribution < -0.4 is 0 Å². The molecule has 5 nitrogen and oxygen atoms in total. The Hall–Kier alpha value is -2.63. The van der Waals surface area contributed by atoms with Crippen LogP contribution in [0.4, 0.5) is 0 Å². The minimum atomic E-state index is -0.428. The van der Waals surface area contributed by atoms with Crippen molar-refractivity contribution in [2.75, 3.05) is 0 Å². The number of hydrogen-bond acceptors (Lipinski definition) is 4. The highest BCUT2D eigenvalue weighted by Crippen LogP contribution is 2.32. The molecule has 0 atom stereocenters. The Kier molecular flexibility index (Phi) is 3.82. The normalized spacial score (nSPS) is 13.4. The Bertz CT molecular complexity index is 958. The average Bonchev–Trinajstić information content (AvgIpc) is 3.17. The van der Waals surface area contributed by atoms with Crippen LogP contribution in [0.3, 0.4) is 0 Å². The summed E-state index contributed by atoms with van der Waals surface area (Å²) in [6.45, 7) is 0.0118. The highest BCUT2D eigenvalue weighted by atomic mass is 35.5. The molecule has 25 heavy (non-hydrogen) atoms. The molecule has 0 spiro atoms. The van der Waals surface area contributed by atoms with Gasteiger partial charge in [0.1, 0.15) is 5.69 Å². The minimum absolute atomic E-state index is 0.0118. The van der Waals surface area contributed by atoms with E-state index in [0.29, 0.717) is 11.5 Å². The van der Waals surface area contributed by atoms with Gasteiger partial charge in [-0.25, -0.2) is 0 Å². The van der Waals surface area contributed by atoms with Crippen LogP contribution in [-0.2, 0) is 6.54 Å². The molecule has 0 aliphatic carbocycles. The molecule has 4 rings (SSSR count). The van der Waals surface area contributed by atoms with Crippen LogP contribution in [0.15, 0.2) is 53.1 Å². The van der Waals surface area contributed by atoms with Crippen LogP contribution >= 0.6 is 23.2 Å². The maximum absolute atomic E-state index is 12.5. The van der Waals surface area contributed by atoms with E-state index in [1.54, 1.807) is 6.07 Å². The van der Waals surface area contributed by atoms with Crippen molar-refractivity contribution < 1.29 is 14.1 Å². The summed E-state index contributed by atoms with van der Waals surface area (Å²) in [5.74, 6) is -0.288. The first-order valence-corrected chi connectivity index (χ1v) is 8.16. The Morgan fingerprint density at radius 2 is 1.52 bits per heavy atom. The molecule has 0 radical (unpaired) electrons. The molecule has 1 aromatic heterocycles. The maximum Gasteiger partial charge on any atom is 0.261 e. The molecule has 7 heteroatoms. The van der Waals surface area contributed by atoms with Crippen molar-refractivity contribution in [1.82, 2.24) is 10.1 Å². The van der Waals surface area contributed by atoms with Crippen molar-refractivity contribution in [2.24, 2.45) is 0 Å². The van der Waals surface area contributed by atoms with Crippen molar-refractivity contribution >= 4 is 35.0 Å². The summed E-state index contributed by atoms with van der Waals surface area (Å²) >= 11 is 11.9. The number of rotatable bonds is 3. The van der Waals surface area contributed by atoms with E-state index >= 15 is 0 Å². The fourth-order valence-corrected chi connectivity index (χ4v) is 3.04.